The summed E-state index contributed by atoms with van der Waals surface area (Å²) in [5.74, 6) is -0.497. The lowest BCUT2D eigenvalue weighted by molar-refractivity contribution is 0.1000. The van der Waals surface area contributed by atoms with Gasteiger partial charge in [0.05, 0.1) is 11.3 Å². The molecular formula is C9H14N4O2S. The van der Waals surface area contributed by atoms with E-state index < -0.39 is 11.9 Å². The predicted octanol–water partition coefficient (Wildman–Crippen LogP) is 1.12. The summed E-state index contributed by atoms with van der Waals surface area (Å²) in [6.45, 7) is 3.82. The third-order valence-corrected chi connectivity index (χ3v) is 2.74. The van der Waals surface area contributed by atoms with Gasteiger partial charge in [-0.2, -0.15) is 4.37 Å². The van der Waals surface area contributed by atoms with Crippen LogP contribution in [0.3, 0.4) is 0 Å². The Hall–Kier alpha value is -1.63. The summed E-state index contributed by atoms with van der Waals surface area (Å²) < 4.78 is 4.12. The van der Waals surface area contributed by atoms with Crippen molar-refractivity contribution in [3.8, 4) is 0 Å². The van der Waals surface area contributed by atoms with Crippen LogP contribution in [0.1, 0.15) is 35.8 Å². The number of hydrogen-bond acceptors (Lipinski definition) is 4. The van der Waals surface area contributed by atoms with Crippen LogP contribution in [-0.4, -0.2) is 23.4 Å². The van der Waals surface area contributed by atoms with Gasteiger partial charge in [0.15, 0.2) is 0 Å². The number of primary amides is 1. The highest BCUT2D eigenvalue weighted by Crippen LogP contribution is 2.29. The number of hydrogen-bond donors (Lipinski definition) is 3. The first-order chi connectivity index (χ1) is 7.47. The normalized spacial score (nSPS) is 10.2. The first-order valence-corrected chi connectivity index (χ1v) is 5.52. The van der Waals surface area contributed by atoms with Gasteiger partial charge in [-0.15, -0.1) is 0 Å². The van der Waals surface area contributed by atoms with Crippen LogP contribution in [0.25, 0.3) is 0 Å². The largest absolute Gasteiger partial charge is 0.365 e. The van der Waals surface area contributed by atoms with Crippen LogP contribution in [0.2, 0.25) is 0 Å². The van der Waals surface area contributed by atoms with Gasteiger partial charge in [-0.3, -0.25) is 10.1 Å². The van der Waals surface area contributed by atoms with Crippen molar-refractivity contribution in [2.45, 2.75) is 19.8 Å². The van der Waals surface area contributed by atoms with Crippen LogP contribution in [0.4, 0.5) is 9.80 Å². The van der Waals surface area contributed by atoms with E-state index in [0.29, 0.717) is 16.3 Å². The number of nitrogens with one attached hydrogen (secondary N) is 2. The maximum atomic E-state index is 11.3. The Morgan fingerprint density at radius 3 is 2.50 bits per heavy atom. The first kappa shape index (κ1) is 12.4. The number of carbonyl (C=O) groups excluding carboxylic acids is 2. The highest BCUT2D eigenvalue weighted by molar-refractivity contribution is 7.11. The van der Waals surface area contributed by atoms with E-state index in [0.717, 1.165) is 11.5 Å². The lowest BCUT2D eigenvalue weighted by Crippen LogP contribution is -2.25. The minimum atomic E-state index is -0.580. The lowest BCUT2D eigenvalue weighted by atomic mass is 10.1. The molecular weight excluding hydrogens is 228 g/mol. The number of rotatable bonds is 3. The molecule has 6 nitrogen and oxygen atoms in total. The fourth-order valence-corrected chi connectivity index (χ4v) is 2.11. The van der Waals surface area contributed by atoms with E-state index >= 15 is 0 Å². The Bertz CT molecular complexity index is 414. The molecule has 0 aliphatic carbocycles. The molecule has 0 unspecified atom stereocenters. The minimum absolute atomic E-state index is 0.0824. The molecule has 3 amide bonds. The van der Waals surface area contributed by atoms with E-state index in [1.807, 2.05) is 13.8 Å². The molecule has 0 spiro atoms. The maximum absolute atomic E-state index is 11.3. The van der Waals surface area contributed by atoms with Gasteiger partial charge < -0.3 is 11.1 Å². The zero-order chi connectivity index (χ0) is 12.3. The molecule has 16 heavy (non-hydrogen) atoms. The van der Waals surface area contributed by atoms with E-state index in [-0.39, 0.29) is 5.92 Å². The zero-order valence-corrected chi connectivity index (χ0v) is 10.1. The number of carbonyl (C=O) groups is 2. The number of aromatic nitrogens is 1. The van der Waals surface area contributed by atoms with Crippen LogP contribution in [0.15, 0.2) is 0 Å². The SMILES string of the molecule is CNC(=O)Nc1snc(C(C)C)c1C(N)=O. The Morgan fingerprint density at radius 2 is 2.06 bits per heavy atom. The standard InChI is InChI=1S/C9H14N4O2S/c1-4(2)6-5(7(10)14)8(16-13-6)12-9(15)11-3/h4H,1-3H3,(H2,10,14)(H2,11,12,15). The molecule has 0 radical (unpaired) electrons. The van der Waals surface area contributed by atoms with Gasteiger partial charge in [-0.25, -0.2) is 4.79 Å². The van der Waals surface area contributed by atoms with Gasteiger partial charge in [-0.05, 0) is 17.5 Å². The van der Waals surface area contributed by atoms with Crippen molar-refractivity contribution in [1.29, 1.82) is 0 Å². The van der Waals surface area contributed by atoms with Gasteiger partial charge in [0.2, 0.25) is 0 Å². The topological polar surface area (TPSA) is 97.1 Å². The van der Waals surface area contributed by atoms with E-state index in [1.54, 1.807) is 0 Å². The van der Waals surface area contributed by atoms with Crippen molar-refractivity contribution in [3.63, 3.8) is 0 Å². The molecule has 1 aromatic heterocycles. The van der Waals surface area contributed by atoms with E-state index in [9.17, 15) is 9.59 Å². The fourth-order valence-electron chi connectivity index (χ4n) is 1.19. The van der Waals surface area contributed by atoms with Gasteiger partial charge in [0.1, 0.15) is 5.00 Å². The second-order valence-electron chi connectivity index (χ2n) is 3.50. The van der Waals surface area contributed by atoms with Gasteiger partial charge >= 0.3 is 6.03 Å². The fraction of sp³-hybridized carbons (Fsp3) is 0.444. The minimum Gasteiger partial charge on any atom is -0.365 e. The summed E-state index contributed by atoms with van der Waals surface area (Å²) in [5, 5.41) is 5.30. The number of nitrogens with zero attached hydrogens (tertiary/aromatic N) is 1. The Balaban J connectivity index is 3.10. The highest BCUT2D eigenvalue weighted by Gasteiger charge is 2.21. The molecule has 0 aliphatic rings. The second-order valence-corrected chi connectivity index (χ2v) is 4.27. The highest BCUT2D eigenvalue weighted by atomic mass is 32.1. The molecule has 0 atom stereocenters. The molecule has 0 saturated heterocycles. The van der Waals surface area contributed by atoms with Crippen LogP contribution >= 0.6 is 11.5 Å². The average Bonchev–Trinajstić information content (AvgIpc) is 2.61. The first-order valence-electron chi connectivity index (χ1n) is 4.75. The molecule has 0 fully saturated rings. The summed E-state index contributed by atoms with van der Waals surface area (Å²) in [4.78, 5) is 22.4. The average molecular weight is 242 g/mol. The molecule has 4 N–H and O–H groups in total. The van der Waals surface area contributed by atoms with Crippen molar-refractivity contribution in [2.24, 2.45) is 5.73 Å². The number of anilines is 1. The van der Waals surface area contributed by atoms with Crippen LogP contribution < -0.4 is 16.4 Å². The molecule has 1 heterocycles. The van der Waals surface area contributed by atoms with E-state index in [4.69, 9.17) is 5.73 Å². The van der Waals surface area contributed by atoms with Gasteiger partial charge in [0, 0.05) is 7.05 Å². The van der Waals surface area contributed by atoms with Crippen molar-refractivity contribution < 1.29 is 9.59 Å². The Morgan fingerprint density at radius 1 is 1.44 bits per heavy atom. The number of urea groups is 1. The third kappa shape index (κ3) is 2.48. The molecule has 0 aromatic carbocycles. The van der Waals surface area contributed by atoms with Crippen LogP contribution in [-0.2, 0) is 0 Å². The van der Waals surface area contributed by atoms with Crippen molar-refractivity contribution in [1.82, 2.24) is 9.69 Å². The molecule has 0 saturated carbocycles. The molecule has 1 aromatic rings. The smallest absolute Gasteiger partial charge is 0.319 e. The van der Waals surface area contributed by atoms with E-state index in [1.165, 1.54) is 7.05 Å². The van der Waals surface area contributed by atoms with Crippen molar-refractivity contribution in [3.05, 3.63) is 11.3 Å². The number of nitrogens with two attached hydrogens (primary N) is 1. The van der Waals surface area contributed by atoms with Crippen LogP contribution in [0.5, 0.6) is 0 Å². The van der Waals surface area contributed by atoms with Gasteiger partial charge in [-0.1, -0.05) is 13.8 Å². The monoisotopic (exact) mass is 242 g/mol. The number of amides is 3. The molecule has 7 heteroatoms. The molecule has 0 bridgehead atoms. The summed E-state index contributed by atoms with van der Waals surface area (Å²) >= 11 is 1.05. The quantitative estimate of drug-likeness (QED) is 0.740. The predicted molar refractivity (Wildman–Crippen MR) is 62.8 cm³/mol. The summed E-state index contributed by atoms with van der Waals surface area (Å²) in [6, 6.07) is -0.401. The second kappa shape index (κ2) is 4.93. The third-order valence-electron chi connectivity index (χ3n) is 1.97. The van der Waals surface area contributed by atoms with Gasteiger partial charge in [0.25, 0.3) is 5.91 Å². The summed E-state index contributed by atoms with van der Waals surface area (Å²) in [5.41, 5.74) is 6.18. The van der Waals surface area contributed by atoms with E-state index in [2.05, 4.69) is 15.0 Å². The van der Waals surface area contributed by atoms with Crippen LogP contribution in [0, 0.1) is 0 Å². The van der Waals surface area contributed by atoms with Crippen molar-refractivity contribution >= 4 is 28.5 Å². The Kier molecular flexibility index (Phi) is 3.83. The zero-order valence-electron chi connectivity index (χ0n) is 9.33. The van der Waals surface area contributed by atoms with Crippen molar-refractivity contribution in [2.75, 3.05) is 12.4 Å². The molecule has 1 rings (SSSR count). The lowest BCUT2D eigenvalue weighted by Gasteiger charge is -2.05. The summed E-state index contributed by atoms with van der Waals surface area (Å²) in [7, 11) is 1.49. The summed E-state index contributed by atoms with van der Waals surface area (Å²) in [6.07, 6.45) is 0. The molecule has 0 aliphatic heterocycles. The molecule has 88 valence electrons. The Labute approximate surface area is 97.4 Å². The maximum Gasteiger partial charge on any atom is 0.319 e.